The molecular formula is C14H19ClO3S. The standard InChI is InChI=1S/C14H19ClO3S/c15-19(16,17)11-10-18-14-8-6-13(7-9-14)12-4-2-1-3-5-12/h6-9,12H,1-5,10-11H2. The van der Waals surface area contributed by atoms with Gasteiger partial charge in [-0.1, -0.05) is 31.4 Å². The van der Waals surface area contributed by atoms with E-state index in [1.54, 1.807) is 0 Å². The molecule has 106 valence electrons. The molecule has 1 aliphatic carbocycles. The molecule has 1 aliphatic rings. The first-order valence-electron chi connectivity index (χ1n) is 6.70. The Morgan fingerprint density at radius 3 is 2.32 bits per heavy atom. The summed E-state index contributed by atoms with van der Waals surface area (Å²) in [6.45, 7) is 0.0919. The van der Waals surface area contributed by atoms with Crippen LogP contribution in [0, 0.1) is 0 Å². The number of benzene rings is 1. The lowest BCUT2D eigenvalue weighted by Crippen LogP contribution is -2.09. The van der Waals surface area contributed by atoms with Crippen LogP contribution in [0.1, 0.15) is 43.6 Å². The van der Waals surface area contributed by atoms with E-state index in [9.17, 15) is 8.42 Å². The van der Waals surface area contributed by atoms with Crippen molar-refractivity contribution in [2.24, 2.45) is 0 Å². The molecule has 0 amide bonds. The second kappa shape index (κ2) is 6.62. The Hall–Kier alpha value is -0.740. The minimum atomic E-state index is -3.47. The van der Waals surface area contributed by atoms with Crippen molar-refractivity contribution in [1.29, 1.82) is 0 Å². The van der Waals surface area contributed by atoms with Crippen molar-refractivity contribution < 1.29 is 13.2 Å². The van der Waals surface area contributed by atoms with Gasteiger partial charge in [0, 0.05) is 10.7 Å². The van der Waals surface area contributed by atoms with Crippen LogP contribution in [0.4, 0.5) is 0 Å². The van der Waals surface area contributed by atoms with Crippen molar-refractivity contribution in [3.63, 3.8) is 0 Å². The maximum atomic E-state index is 10.8. The summed E-state index contributed by atoms with van der Waals surface area (Å²) >= 11 is 0. The van der Waals surface area contributed by atoms with Gasteiger partial charge >= 0.3 is 0 Å². The number of hydrogen-bond acceptors (Lipinski definition) is 3. The van der Waals surface area contributed by atoms with Crippen molar-refractivity contribution in [3.05, 3.63) is 29.8 Å². The van der Waals surface area contributed by atoms with Crippen LogP contribution in [0.5, 0.6) is 5.75 Å². The monoisotopic (exact) mass is 302 g/mol. The van der Waals surface area contributed by atoms with Gasteiger partial charge in [0.05, 0.1) is 5.75 Å². The Kier molecular flexibility index (Phi) is 5.11. The lowest BCUT2D eigenvalue weighted by molar-refractivity contribution is 0.341. The summed E-state index contributed by atoms with van der Waals surface area (Å²) in [5.41, 5.74) is 1.36. The van der Waals surface area contributed by atoms with Crippen LogP contribution in [0.15, 0.2) is 24.3 Å². The number of halogens is 1. The first kappa shape index (κ1) is 14.7. The van der Waals surface area contributed by atoms with E-state index in [1.807, 2.05) is 12.1 Å². The van der Waals surface area contributed by atoms with E-state index in [2.05, 4.69) is 12.1 Å². The first-order chi connectivity index (χ1) is 9.04. The largest absolute Gasteiger partial charge is 0.492 e. The molecule has 1 aromatic carbocycles. The molecule has 0 atom stereocenters. The van der Waals surface area contributed by atoms with Gasteiger partial charge in [0.1, 0.15) is 12.4 Å². The van der Waals surface area contributed by atoms with Gasteiger partial charge < -0.3 is 4.74 Å². The van der Waals surface area contributed by atoms with E-state index in [0.29, 0.717) is 11.7 Å². The number of hydrogen-bond donors (Lipinski definition) is 0. The van der Waals surface area contributed by atoms with E-state index in [1.165, 1.54) is 37.7 Å². The molecule has 1 saturated carbocycles. The van der Waals surface area contributed by atoms with Crippen molar-refractivity contribution >= 4 is 19.7 Å². The second-order valence-corrected chi connectivity index (χ2v) is 7.89. The highest BCUT2D eigenvalue weighted by Gasteiger charge is 2.15. The topological polar surface area (TPSA) is 43.4 Å². The third-order valence-corrected chi connectivity index (χ3v) is 4.67. The van der Waals surface area contributed by atoms with Gasteiger partial charge in [-0.25, -0.2) is 8.42 Å². The normalized spacial score (nSPS) is 17.3. The average Bonchev–Trinajstić information content (AvgIpc) is 2.39. The molecule has 1 aromatic rings. The third kappa shape index (κ3) is 5.03. The maximum absolute atomic E-state index is 10.8. The maximum Gasteiger partial charge on any atom is 0.235 e. The lowest BCUT2D eigenvalue weighted by Gasteiger charge is -2.22. The van der Waals surface area contributed by atoms with Gasteiger partial charge in [-0.3, -0.25) is 0 Å². The number of rotatable bonds is 5. The van der Waals surface area contributed by atoms with Crippen LogP contribution in [0.3, 0.4) is 0 Å². The molecule has 0 bridgehead atoms. The smallest absolute Gasteiger partial charge is 0.235 e. The SMILES string of the molecule is O=S(=O)(Cl)CCOc1ccc(C2CCCCC2)cc1. The Balaban J connectivity index is 1.87. The van der Waals surface area contributed by atoms with Crippen LogP contribution in [0.25, 0.3) is 0 Å². The predicted molar refractivity (Wildman–Crippen MR) is 77.4 cm³/mol. The van der Waals surface area contributed by atoms with Gasteiger partial charge in [0.15, 0.2) is 0 Å². The molecule has 0 unspecified atom stereocenters. The van der Waals surface area contributed by atoms with E-state index < -0.39 is 9.05 Å². The fraction of sp³-hybridized carbons (Fsp3) is 0.571. The highest BCUT2D eigenvalue weighted by molar-refractivity contribution is 8.13. The van der Waals surface area contributed by atoms with Crippen molar-refractivity contribution in [1.82, 2.24) is 0 Å². The van der Waals surface area contributed by atoms with Gasteiger partial charge in [-0.15, -0.1) is 0 Å². The Bertz CT molecular complexity index is 490. The summed E-state index contributed by atoms with van der Waals surface area (Å²) in [6.07, 6.45) is 6.52. The summed E-state index contributed by atoms with van der Waals surface area (Å²) in [5.74, 6) is 1.20. The zero-order chi connectivity index (χ0) is 13.7. The van der Waals surface area contributed by atoms with Gasteiger partial charge in [-0.05, 0) is 36.5 Å². The van der Waals surface area contributed by atoms with Gasteiger partial charge in [0.25, 0.3) is 0 Å². The fourth-order valence-electron chi connectivity index (χ4n) is 2.53. The Morgan fingerprint density at radius 2 is 1.74 bits per heavy atom. The molecule has 3 nitrogen and oxygen atoms in total. The van der Waals surface area contributed by atoms with Gasteiger partial charge in [-0.2, -0.15) is 0 Å². The molecule has 0 heterocycles. The molecule has 0 radical (unpaired) electrons. The zero-order valence-electron chi connectivity index (χ0n) is 10.8. The van der Waals surface area contributed by atoms with Crippen molar-refractivity contribution in [2.45, 2.75) is 38.0 Å². The van der Waals surface area contributed by atoms with Crippen LogP contribution >= 0.6 is 10.7 Å². The minimum Gasteiger partial charge on any atom is -0.492 e. The van der Waals surface area contributed by atoms with E-state index in [4.69, 9.17) is 15.4 Å². The van der Waals surface area contributed by atoms with Crippen LogP contribution < -0.4 is 4.74 Å². The molecule has 0 aliphatic heterocycles. The lowest BCUT2D eigenvalue weighted by atomic mass is 9.84. The molecule has 0 aromatic heterocycles. The predicted octanol–water partition coefficient (Wildman–Crippen LogP) is 3.68. The molecule has 0 saturated heterocycles. The molecule has 19 heavy (non-hydrogen) atoms. The van der Waals surface area contributed by atoms with Crippen molar-refractivity contribution in [3.8, 4) is 5.75 Å². The summed E-state index contributed by atoms with van der Waals surface area (Å²) < 4.78 is 26.9. The molecular weight excluding hydrogens is 284 g/mol. The fourth-order valence-corrected chi connectivity index (χ4v) is 3.00. The van der Waals surface area contributed by atoms with Gasteiger partial charge in [0.2, 0.25) is 9.05 Å². The Morgan fingerprint density at radius 1 is 1.11 bits per heavy atom. The van der Waals surface area contributed by atoms with Crippen molar-refractivity contribution in [2.75, 3.05) is 12.4 Å². The van der Waals surface area contributed by atoms with E-state index >= 15 is 0 Å². The minimum absolute atomic E-state index is 0.0919. The molecule has 5 heteroatoms. The average molecular weight is 303 g/mol. The van der Waals surface area contributed by atoms with E-state index in [0.717, 1.165) is 0 Å². The summed E-state index contributed by atoms with van der Waals surface area (Å²) in [7, 11) is 1.65. The van der Waals surface area contributed by atoms with Crippen LogP contribution in [-0.2, 0) is 9.05 Å². The van der Waals surface area contributed by atoms with Crippen LogP contribution in [0.2, 0.25) is 0 Å². The second-order valence-electron chi connectivity index (χ2n) is 5.00. The quantitative estimate of drug-likeness (QED) is 0.779. The summed E-state index contributed by atoms with van der Waals surface area (Å²) in [5, 5.41) is 0. The molecule has 0 spiro atoms. The zero-order valence-corrected chi connectivity index (χ0v) is 12.4. The third-order valence-electron chi connectivity index (χ3n) is 3.55. The van der Waals surface area contributed by atoms with Crippen LogP contribution in [-0.4, -0.2) is 20.8 Å². The highest BCUT2D eigenvalue weighted by atomic mass is 35.7. The summed E-state index contributed by atoms with van der Waals surface area (Å²) in [4.78, 5) is 0. The molecule has 1 fully saturated rings. The Labute approximate surface area is 119 Å². The molecule has 0 N–H and O–H groups in total. The number of ether oxygens (including phenoxy) is 1. The highest BCUT2D eigenvalue weighted by Crippen LogP contribution is 2.33. The van der Waals surface area contributed by atoms with E-state index in [-0.39, 0.29) is 12.4 Å². The molecule has 2 rings (SSSR count). The first-order valence-corrected chi connectivity index (χ1v) is 9.17. The summed E-state index contributed by atoms with van der Waals surface area (Å²) in [6, 6.07) is 7.98.